The highest BCUT2D eigenvalue weighted by molar-refractivity contribution is 7.80. The van der Waals surface area contributed by atoms with Crippen LogP contribution in [0.15, 0.2) is 54.6 Å². The lowest BCUT2D eigenvalue weighted by Gasteiger charge is -2.34. The van der Waals surface area contributed by atoms with Crippen LogP contribution in [0.1, 0.15) is 34.3 Å². The van der Waals surface area contributed by atoms with Crippen LogP contribution >= 0.6 is 12.2 Å². The molecule has 0 aromatic heterocycles. The van der Waals surface area contributed by atoms with Crippen LogP contribution < -0.4 is 10.6 Å². The number of piperidine rings is 1. The molecule has 2 aromatic rings. The van der Waals surface area contributed by atoms with Crippen molar-refractivity contribution in [2.75, 3.05) is 19.6 Å². The summed E-state index contributed by atoms with van der Waals surface area (Å²) in [6.07, 6.45) is 2.79. The van der Waals surface area contributed by atoms with Gasteiger partial charge < -0.3 is 15.5 Å². The number of likely N-dealkylation sites (tertiary alicyclic amines) is 1. The summed E-state index contributed by atoms with van der Waals surface area (Å²) in [4.78, 5) is 14.7. The summed E-state index contributed by atoms with van der Waals surface area (Å²) in [5.74, 6) is 0.0233. The molecule has 0 atom stereocenters. The average molecular weight is 382 g/mol. The fraction of sp³-hybridized carbons (Fsp3) is 0.364. The molecule has 0 spiro atoms. The van der Waals surface area contributed by atoms with Crippen molar-refractivity contribution in [3.63, 3.8) is 0 Å². The summed E-state index contributed by atoms with van der Waals surface area (Å²) in [6, 6.07) is 18.3. The van der Waals surface area contributed by atoms with Gasteiger partial charge in [-0.1, -0.05) is 48.5 Å². The van der Waals surface area contributed by atoms with Gasteiger partial charge in [-0.15, -0.1) is 0 Å². The van der Waals surface area contributed by atoms with Gasteiger partial charge in [0.05, 0.1) is 0 Å². The van der Waals surface area contributed by atoms with Gasteiger partial charge in [0.2, 0.25) is 0 Å². The smallest absolute Gasteiger partial charge is 0.251 e. The second-order valence-electron chi connectivity index (χ2n) is 7.02. The predicted molar refractivity (Wildman–Crippen MR) is 114 cm³/mol. The molecule has 2 aromatic carbocycles. The first kappa shape index (κ1) is 19.4. The van der Waals surface area contributed by atoms with E-state index in [1.54, 1.807) is 0 Å². The zero-order valence-corrected chi connectivity index (χ0v) is 16.6. The number of carbonyl (C=O) groups is 1. The number of benzene rings is 2. The monoisotopic (exact) mass is 381 g/mol. The van der Waals surface area contributed by atoms with E-state index in [0.717, 1.165) is 55.1 Å². The average Bonchev–Trinajstić information content (AvgIpc) is 2.69. The minimum Gasteiger partial charge on any atom is -0.362 e. The number of hydrogen-bond donors (Lipinski definition) is 2. The molecule has 1 saturated heterocycles. The van der Waals surface area contributed by atoms with Gasteiger partial charge in [0.25, 0.3) is 5.91 Å². The van der Waals surface area contributed by atoms with Crippen molar-refractivity contribution >= 4 is 23.2 Å². The summed E-state index contributed by atoms with van der Waals surface area (Å²) in [7, 11) is 0. The Morgan fingerprint density at radius 2 is 1.74 bits per heavy atom. The molecule has 0 saturated carbocycles. The molecule has 1 aliphatic rings. The van der Waals surface area contributed by atoms with Gasteiger partial charge in [0.1, 0.15) is 0 Å². The summed E-state index contributed by atoms with van der Waals surface area (Å²) in [5, 5.41) is 7.35. The minimum atomic E-state index is 0.0233. The van der Waals surface area contributed by atoms with E-state index in [1.807, 2.05) is 37.3 Å². The number of carbonyl (C=O) groups excluding carboxylic acids is 1. The third-order valence-electron chi connectivity index (χ3n) is 5.04. The van der Waals surface area contributed by atoms with E-state index in [1.165, 1.54) is 5.56 Å². The summed E-state index contributed by atoms with van der Waals surface area (Å²) >= 11 is 5.54. The Morgan fingerprint density at radius 3 is 2.44 bits per heavy atom. The predicted octanol–water partition coefficient (Wildman–Crippen LogP) is 3.31. The molecule has 4 nitrogen and oxygen atoms in total. The fourth-order valence-electron chi connectivity index (χ4n) is 3.39. The van der Waals surface area contributed by atoms with Crippen molar-refractivity contribution in [3.05, 3.63) is 71.3 Å². The molecule has 0 radical (unpaired) electrons. The van der Waals surface area contributed by atoms with Crippen LogP contribution in [0.25, 0.3) is 0 Å². The molecule has 3 rings (SSSR count). The first-order valence-corrected chi connectivity index (χ1v) is 9.97. The highest BCUT2D eigenvalue weighted by atomic mass is 32.1. The number of nitrogens with one attached hydrogen (secondary N) is 2. The van der Waals surface area contributed by atoms with Crippen LogP contribution in [0.5, 0.6) is 0 Å². The molecular formula is C22H27N3OS. The number of hydrogen-bond acceptors (Lipinski definition) is 2. The number of nitrogens with zero attached hydrogens (tertiary/aromatic N) is 1. The van der Waals surface area contributed by atoms with Crippen molar-refractivity contribution in [1.82, 2.24) is 15.5 Å². The van der Waals surface area contributed by atoms with E-state index >= 15 is 0 Å². The number of aryl methyl sites for hydroxylation is 1. The number of rotatable bonds is 5. The van der Waals surface area contributed by atoms with Gasteiger partial charge in [-0.05, 0) is 55.6 Å². The van der Waals surface area contributed by atoms with E-state index in [-0.39, 0.29) is 11.9 Å². The van der Waals surface area contributed by atoms with Crippen LogP contribution in [-0.2, 0) is 6.42 Å². The van der Waals surface area contributed by atoms with Gasteiger partial charge in [0.15, 0.2) is 5.11 Å². The Kier molecular flexibility index (Phi) is 6.82. The standard InChI is InChI=1S/C22H27N3OS/c1-17-7-5-6-10-20(17)21(26)24-19-12-15-25(16-13-19)22(27)23-14-11-18-8-3-2-4-9-18/h2-10,19H,11-16H2,1H3,(H,23,27)(H,24,26). The van der Waals surface area contributed by atoms with Crippen LogP contribution in [0.3, 0.4) is 0 Å². The molecule has 1 heterocycles. The SMILES string of the molecule is Cc1ccccc1C(=O)NC1CCN(C(=S)NCCc2ccccc2)CC1. The second kappa shape index (κ2) is 9.51. The molecular weight excluding hydrogens is 354 g/mol. The highest BCUT2D eigenvalue weighted by Crippen LogP contribution is 2.13. The lowest BCUT2D eigenvalue weighted by molar-refractivity contribution is 0.0921. The van der Waals surface area contributed by atoms with Crippen molar-refractivity contribution in [3.8, 4) is 0 Å². The summed E-state index contributed by atoms with van der Waals surface area (Å²) in [6.45, 7) is 4.55. The maximum absolute atomic E-state index is 12.5. The molecule has 0 aliphatic carbocycles. The maximum atomic E-state index is 12.5. The van der Waals surface area contributed by atoms with Crippen molar-refractivity contribution in [2.24, 2.45) is 0 Å². The molecule has 0 unspecified atom stereocenters. The zero-order chi connectivity index (χ0) is 19.1. The third kappa shape index (κ3) is 5.54. The molecule has 2 N–H and O–H groups in total. The van der Waals surface area contributed by atoms with Gasteiger partial charge in [-0.25, -0.2) is 0 Å². The van der Waals surface area contributed by atoms with E-state index in [4.69, 9.17) is 12.2 Å². The van der Waals surface area contributed by atoms with Crippen molar-refractivity contribution < 1.29 is 4.79 Å². The second-order valence-corrected chi connectivity index (χ2v) is 7.40. The Balaban J connectivity index is 1.40. The Labute approximate surface area is 167 Å². The molecule has 1 amide bonds. The first-order chi connectivity index (χ1) is 13.1. The minimum absolute atomic E-state index is 0.0233. The number of thiocarbonyl (C=S) groups is 1. The molecule has 27 heavy (non-hydrogen) atoms. The van der Waals surface area contributed by atoms with E-state index in [9.17, 15) is 4.79 Å². The Morgan fingerprint density at radius 1 is 1.07 bits per heavy atom. The van der Waals surface area contributed by atoms with E-state index in [2.05, 4.69) is 39.8 Å². The van der Waals surface area contributed by atoms with Crippen LogP contribution in [-0.4, -0.2) is 41.6 Å². The molecule has 5 heteroatoms. The Bertz CT molecular complexity index is 770. The lowest BCUT2D eigenvalue weighted by Crippen LogP contribution is -2.49. The summed E-state index contributed by atoms with van der Waals surface area (Å²) < 4.78 is 0. The van der Waals surface area contributed by atoms with Crippen LogP contribution in [0, 0.1) is 6.92 Å². The van der Waals surface area contributed by atoms with Crippen molar-refractivity contribution in [2.45, 2.75) is 32.2 Å². The largest absolute Gasteiger partial charge is 0.362 e. The normalized spacial score (nSPS) is 14.6. The Hall–Kier alpha value is -2.40. The van der Waals surface area contributed by atoms with Gasteiger partial charge in [-0.3, -0.25) is 4.79 Å². The highest BCUT2D eigenvalue weighted by Gasteiger charge is 2.22. The van der Waals surface area contributed by atoms with E-state index in [0.29, 0.717) is 0 Å². The van der Waals surface area contributed by atoms with Crippen LogP contribution in [0.4, 0.5) is 0 Å². The lowest BCUT2D eigenvalue weighted by atomic mass is 10.0. The van der Waals surface area contributed by atoms with Gasteiger partial charge in [-0.2, -0.15) is 0 Å². The fourth-order valence-corrected chi connectivity index (χ4v) is 3.67. The van der Waals surface area contributed by atoms with Gasteiger partial charge in [0, 0.05) is 31.2 Å². The molecule has 1 aliphatic heterocycles. The van der Waals surface area contributed by atoms with Crippen LogP contribution in [0.2, 0.25) is 0 Å². The van der Waals surface area contributed by atoms with E-state index < -0.39 is 0 Å². The topological polar surface area (TPSA) is 44.4 Å². The third-order valence-corrected chi connectivity index (χ3v) is 5.44. The quantitative estimate of drug-likeness (QED) is 0.780. The molecule has 0 bridgehead atoms. The first-order valence-electron chi connectivity index (χ1n) is 9.56. The summed E-state index contributed by atoms with van der Waals surface area (Å²) in [5.41, 5.74) is 3.08. The number of amides is 1. The van der Waals surface area contributed by atoms with Gasteiger partial charge >= 0.3 is 0 Å². The maximum Gasteiger partial charge on any atom is 0.251 e. The van der Waals surface area contributed by atoms with Crippen molar-refractivity contribution in [1.29, 1.82) is 0 Å². The molecule has 142 valence electrons. The zero-order valence-electron chi connectivity index (χ0n) is 15.8. The molecule has 1 fully saturated rings.